The van der Waals surface area contributed by atoms with Gasteiger partial charge in [0.1, 0.15) is 10.1 Å². The quantitative estimate of drug-likeness (QED) is 0.331. The average Bonchev–Trinajstić information content (AvgIpc) is 2.35. The van der Waals surface area contributed by atoms with E-state index in [1.54, 1.807) is 23.5 Å². The highest BCUT2D eigenvalue weighted by Crippen LogP contribution is 2.32. The smallest absolute Gasteiger partial charge is 0.330 e. The first-order chi connectivity index (χ1) is 8.22. The maximum atomic E-state index is 10.8. The summed E-state index contributed by atoms with van der Waals surface area (Å²) in [6, 6.07) is 0. The molecule has 0 spiro atoms. The van der Waals surface area contributed by atoms with Crippen molar-refractivity contribution in [1.29, 1.82) is 0 Å². The van der Waals surface area contributed by atoms with Crippen LogP contribution in [0.5, 0.6) is 0 Å². The van der Waals surface area contributed by atoms with Crippen LogP contribution in [0.1, 0.15) is 0 Å². The lowest BCUT2D eigenvalue weighted by Gasteiger charge is -2.20. The van der Waals surface area contributed by atoms with Crippen molar-refractivity contribution in [3.8, 4) is 0 Å². The van der Waals surface area contributed by atoms with Gasteiger partial charge in [-0.25, -0.2) is 4.79 Å². The molecular formula is C10H14O2S5. The molecule has 0 saturated carbocycles. The third-order valence-corrected chi connectivity index (χ3v) is 7.53. The summed E-state index contributed by atoms with van der Waals surface area (Å²) < 4.78 is 5.83. The summed E-state index contributed by atoms with van der Waals surface area (Å²) in [5, 5.41) is 1.84. The molecule has 1 saturated heterocycles. The molecular weight excluding hydrogens is 312 g/mol. The summed E-state index contributed by atoms with van der Waals surface area (Å²) in [4.78, 5) is 10.8. The third-order valence-electron chi connectivity index (χ3n) is 1.75. The fourth-order valence-corrected chi connectivity index (χ4v) is 6.50. The van der Waals surface area contributed by atoms with Crippen LogP contribution in [0, 0.1) is 0 Å². The van der Waals surface area contributed by atoms with Crippen molar-refractivity contribution >= 4 is 68.8 Å². The number of hydrogen-bond donors (Lipinski definition) is 0. The molecule has 96 valence electrons. The van der Waals surface area contributed by atoms with E-state index in [9.17, 15) is 4.79 Å². The first-order valence-electron chi connectivity index (χ1n) is 5.00. The Hall–Kier alpha value is 0.700. The minimum atomic E-state index is -0.371. The summed E-state index contributed by atoms with van der Waals surface area (Å²) in [5.74, 6) is 2.72. The largest absolute Gasteiger partial charge is 0.462 e. The highest BCUT2D eigenvalue weighted by molar-refractivity contribution is 8.47. The number of thiocarbonyl (C=S) groups is 1. The zero-order valence-electron chi connectivity index (χ0n) is 9.26. The normalized spacial score (nSPS) is 16.5. The van der Waals surface area contributed by atoms with Crippen LogP contribution in [0.3, 0.4) is 0 Å². The maximum Gasteiger partial charge on any atom is 0.330 e. The molecule has 1 heterocycles. The van der Waals surface area contributed by atoms with E-state index in [4.69, 9.17) is 17.0 Å². The van der Waals surface area contributed by atoms with Gasteiger partial charge in [0.15, 0.2) is 0 Å². The van der Waals surface area contributed by atoms with E-state index in [1.807, 2.05) is 23.5 Å². The molecule has 0 aliphatic carbocycles. The Kier molecular flexibility index (Phi) is 8.90. The van der Waals surface area contributed by atoms with E-state index in [0.717, 1.165) is 9.28 Å². The number of ether oxygens (including phenoxy) is 1. The number of carbonyl (C=O) groups is 1. The zero-order valence-corrected chi connectivity index (χ0v) is 13.3. The molecule has 1 aliphatic heterocycles. The monoisotopic (exact) mass is 326 g/mol. The van der Waals surface area contributed by atoms with Crippen LogP contribution >= 0.6 is 59.3 Å². The molecule has 1 aliphatic rings. The maximum absolute atomic E-state index is 10.8. The summed E-state index contributed by atoms with van der Waals surface area (Å²) >= 11 is 12.6. The third kappa shape index (κ3) is 7.66. The lowest BCUT2D eigenvalue weighted by Crippen LogP contribution is -2.16. The van der Waals surface area contributed by atoms with Crippen molar-refractivity contribution in [2.45, 2.75) is 5.25 Å². The molecule has 0 unspecified atom stereocenters. The molecule has 0 amide bonds. The molecule has 0 aromatic heterocycles. The van der Waals surface area contributed by atoms with E-state index in [1.165, 1.54) is 22.7 Å². The number of esters is 1. The van der Waals surface area contributed by atoms with Gasteiger partial charge in [-0.05, 0) is 0 Å². The van der Waals surface area contributed by atoms with Crippen LogP contribution in [0.25, 0.3) is 0 Å². The highest BCUT2D eigenvalue weighted by Gasteiger charge is 2.16. The molecule has 1 fully saturated rings. The van der Waals surface area contributed by atoms with E-state index in [0.29, 0.717) is 11.9 Å². The Balaban J connectivity index is 2.04. The Morgan fingerprint density at radius 1 is 1.53 bits per heavy atom. The number of rotatable bonds is 5. The number of thioether (sulfide) groups is 4. The summed E-state index contributed by atoms with van der Waals surface area (Å²) in [6.07, 6.45) is 1.17. The topological polar surface area (TPSA) is 26.3 Å². The van der Waals surface area contributed by atoms with Crippen molar-refractivity contribution in [3.05, 3.63) is 12.7 Å². The van der Waals surface area contributed by atoms with E-state index >= 15 is 0 Å². The molecule has 2 nitrogen and oxygen atoms in total. The van der Waals surface area contributed by atoms with E-state index in [2.05, 4.69) is 6.58 Å². The Morgan fingerprint density at radius 3 is 2.88 bits per heavy atom. The van der Waals surface area contributed by atoms with Crippen LogP contribution in [0.15, 0.2) is 12.7 Å². The minimum Gasteiger partial charge on any atom is -0.462 e. The van der Waals surface area contributed by atoms with Crippen LogP contribution in [-0.4, -0.2) is 43.7 Å². The van der Waals surface area contributed by atoms with Gasteiger partial charge < -0.3 is 4.74 Å². The first-order valence-corrected chi connectivity index (χ1v) is 9.58. The molecule has 17 heavy (non-hydrogen) atoms. The van der Waals surface area contributed by atoms with Crippen LogP contribution in [0.2, 0.25) is 0 Å². The standard InChI is InChI=1S/C10H14O2S5/c1-2-9(11)12-3-4-16-10(13)17-8-5-14-7-15-6-8/h2,8H,1,3-7H2. The van der Waals surface area contributed by atoms with Crippen LogP contribution < -0.4 is 0 Å². The van der Waals surface area contributed by atoms with Crippen molar-refractivity contribution in [2.75, 3.05) is 29.0 Å². The number of hydrogen-bond acceptors (Lipinski definition) is 7. The predicted molar refractivity (Wildman–Crippen MR) is 87.4 cm³/mol. The Labute approximate surface area is 124 Å². The predicted octanol–water partition coefficient (Wildman–Crippen LogP) is 3.27. The Morgan fingerprint density at radius 2 is 2.24 bits per heavy atom. The number of carbonyl (C=O) groups excluding carboxylic acids is 1. The van der Waals surface area contributed by atoms with Gasteiger partial charge in [-0.15, -0.1) is 47.0 Å². The van der Waals surface area contributed by atoms with Crippen molar-refractivity contribution in [2.24, 2.45) is 0 Å². The SMILES string of the molecule is C=CC(=O)OCCSC(=S)SC1CSCSC1. The van der Waals surface area contributed by atoms with E-state index in [-0.39, 0.29) is 5.97 Å². The molecule has 7 heteroatoms. The van der Waals surface area contributed by atoms with Gasteiger partial charge in [-0.3, -0.25) is 0 Å². The fourth-order valence-electron chi connectivity index (χ4n) is 1.03. The summed E-state index contributed by atoms with van der Waals surface area (Å²) in [5.41, 5.74) is 0. The molecule has 0 bridgehead atoms. The second-order valence-electron chi connectivity index (χ2n) is 3.07. The van der Waals surface area contributed by atoms with Crippen molar-refractivity contribution < 1.29 is 9.53 Å². The van der Waals surface area contributed by atoms with Gasteiger partial charge in [0.2, 0.25) is 0 Å². The van der Waals surface area contributed by atoms with Gasteiger partial charge in [-0.2, -0.15) is 0 Å². The summed E-state index contributed by atoms with van der Waals surface area (Å²) in [6.45, 7) is 3.73. The second-order valence-corrected chi connectivity index (χ2v) is 9.09. The Bertz CT molecular complexity index is 276. The minimum absolute atomic E-state index is 0.371. The highest BCUT2D eigenvalue weighted by atomic mass is 32.2. The zero-order chi connectivity index (χ0) is 12.5. The van der Waals surface area contributed by atoms with E-state index < -0.39 is 0 Å². The van der Waals surface area contributed by atoms with Gasteiger partial charge in [-0.1, -0.05) is 18.8 Å². The molecule has 0 radical (unpaired) electrons. The molecule has 0 atom stereocenters. The van der Waals surface area contributed by atoms with Crippen LogP contribution in [0.4, 0.5) is 0 Å². The fraction of sp³-hybridized carbons (Fsp3) is 0.600. The molecule has 0 N–H and O–H groups in total. The van der Waals surface area contributed by atoms with Crippen molar-refractivity contribution in [3.63, 3.8) is 0 Å². The van der Waals surface area contributed by atoms with Crippen molar-refractivity contribution in [1.82, 2.24) is 0 Å². The first kappa shape index (κ1) is 15.8. The van der Waals surface area contributed by atoms with Crippen LogP contribution in [-0.2, 0) is 9.53 Å². The molecule has 0 aromatic rings. The van der Waals surface area contributed by atoms with Gasteiger partial charge in [0.25, 0.3) is 0 Å². The lowest BCUT2D eigenvalue weighted by molar-refractivity contribution is -0.137. The lowest BCUT2D eigenvalue weighted by atomic mass is 10.5. The molecule has 0 aromatic carbocycles. The average molecular weight is 327 g/mol. The van der Waals surface area contributed by atoms with Gasteiger partial charge in [0, 0.05) is 33.7 Å². The molecule has 1 rings (SSSR count). The van der Waals surface area contributed by atoms with Gasteiger partial charge in [0.05, 0.1) is 0 Å². The second kappa shape index (κ2) is 9.61. The summed E-state index contributed by atoms with van der Waals surface area (Å²) in [7, 11) is 0. The van der Waals surface area contributed by atoms with Gasteiger partial charge >= 0.3 is 5.97 Å².